The van der Waals surface area contributed by atoms with E-state index in [1.54, 1.807) is 32.0 Å². The van der Waals surface area contributed by atoms with Gasteiger partial charge in [0, 0.05) is 10.7 Å². The zero-order valence-corrected chi connectivity index (χ0v) is 8.41. The van der Waals surface area contributed by atoms with Crippen molar-refractivity contribution >= 4 is 19.7 Å². The maximum Gasteiger partial charge on any atom is 0.261 e. The van der Waals surface area contributed by atoms with Crippen LogP contribution in [-0.2, 0) is 9.05 Å². The molecule has 0 spiro atoms. The van der Waals surface area contributed by atoms with Gasteiger partial charge in [-0.15, -0.1) is 0 Å². The lowest BCUT2D eigenvalue weighted by Gasteiger charge is -2.04. The van der Waals surface area contributed by atoms with Crippen LogP contribution in [0.25, 0.3) is 0 Å². The predicted molar refractivity (Wildman–Crippen MR) is 49.0 cm³/mol. The molecular formula is C8H9ClO2S. The Labute approximate surface area is 76.6 Å². The van der Waals surface area contributed by atoms with E-state index in [1.807, 2.05) is 0 Å². The summed E-state index contributed by atoms with van der Waals surface area (Å²) < 4.78 is 22.1. The van der Waals surface area contributed by atoms with Crippen LogP contribution in [0.15, 0.2) is 23.1 Å². The average molecular weight is 205 g/mol. The van der Waals surface area contributed by atoms with Gasteiger partial charge in [-0.1, -0.05) is 18.2 Å². The first-order valence-electron chi connectivity index (χ1n) is 3.44. The minimum atomic E-state index is -3.59. The first kappa shape index (κ1) is 9.55. The van der Waals surface area contributed by atoms with Crippen molar-refractivity contribution in [2.24, 2.45) is 0 Å². The molecule has 12 heavy (non-hydrogen) atoms. The lowest BCUT2D eigenvalue weighted by molar-refractivity contribution is 0.608. The van der Waals surface area contributed by atoms with Crippen LogP contribution >= 0.6 is 10.7 Å². The summed E-state index contributed by atoms with van der Waals surface area (Å²) >= 11 is 0. The number of hydrogen-bond donors (Lipinski definition) is 0. The summed E-state index contributed by atoms with van der Waals surface area (Å²) in [6.45, 7) is 3.45. The Kier molecular flexibility index (Phi) is 2.44. The Morgan fingerprint density at radius 2 is 1.58 bits per heavy atom. The molecule has 0 N–H and O–H groups in total. The molecule has 4 heteroatoms. The largest absolute Gasteiger partial charge is 0.261 e. The highest BCUT2D eigenvalue weighted by atomic mass is 35.7. The first-order chi connectivity index (χ1) is 5.43. The van der Waals surface area contributed by atoms with Gasteiger partial charge in [0.1, 0.15) is 0 Å². The second kappa shape index (κ2) is 3.07. The van der Waals surface area contributed by atoms with Crippen molar-refractivity contribution in [3.05, 3.63) is 29.3 Å². The standard InChI is InChI=1S/C8H9ClO2S/c1-6-4-3-5-7(2)8(6)12(9,10)11/h3-5H,1-2H3. The van der Waals surface area contributed by atoms with Gasteiger partial charge in [0.25, 0.3) is 9.05 Å². The van der Waals surface area contributed by atoms with Gasteiger partial charge in [0.2, 0.25) is 0 Å². The van der Waals surface area contributed by atoms with Crippen LogP contribution in [0.3, 0.4) is 0 Å². The summed E-state index contributed by atoms with van der Waals surface area (Å²) in [7, 11) is 1.65. The fraction of sp³-hybridized carbons (Fsp3) is 0.250. The third-order valence-corrected chi connectivity index (χ3v) is 3.25. The van der Waals surface area contributed by atoms with Crippen molar-refractivity contribution < 1.29 is 8.42 Å². The predicted octanol–water partition coefficient (Wildman–Crippen LogP) is 2.23. The molecule has 1 rings (SSSR count). The van der Waals surface area contributed by atoms with E-state index in [1.165, 1.54) is 0 Å². The van der Waals surface area contributed by atoms with Crippen LogP contribution in [0, 0.1) is 13.8 Å². The van der Waals surface area contributed by atoms with E-state index in [0.717, 1.165) is 0 Å². The van der Waals surface area contributed by atoms with Crippen molar-refractivity contribution in [3.8, 4) is 0 Å². The summed E-state index contributed by atoms with van der Waals surface area (Å²) in [6.07, 6.45) is 0. The normalized spacial score (nSPS) is 11.6. The van der Waals surface area contributed by atoms with E-state index < -0.39 is 9.05 Å². The highest BCUT2D eigenvalue weighted by Gasteiger charge is 2.15. The molecule has 66 valence electrons. The Morgan fingerprint density at radius 1 is 1.17 bits per heavy atom. The SMILES string of the molecule is Cc1cccc(C)c1S(=O)(=O)Cl. The summed E-state index contributed by atoms with van der Waals surface area (Å²) in [5.74, 6) is 0. The molecule has 0 amide bonds. The summed E-state index contributed by atoms with van der Waals surface area (Å²) in [5, 5.41) is 0. The molecule has 0 unspecified atom stereocenters. The molecule has 0 fully saturated rings. The number of aryl methyl sites for hydroxylation is 2. The molecule has 0 aliphatic rings. The van der Waals surface area contributed by atoms with Crippen LogP contribution in [0.4, 0.5) is 0 Å². The Balaban J connectivity index is 3.53. The molecule has 0 aliphatic heterocycles. The maximum absolute atomic E-state index is 11.0. The van der Waals surface area contributed by atoms with Crippen LogP contribution in [0.1, 0.15) is 11.1 Å². The lowest BCUT2D eigenvalue weighted by atomic mass is 10.2. The highest BCUT2D eigenvalue weighted by Crippen LogP contribution is 2.22. The molecule has 0 radical (unpaired) electrons. The molecule has 0 saturated carbocycles. The molecule has 1 aromatic rings. The lowest BCUT2D eigenvalue weighted by Crippen LogP contribution is -1.97. The number of hydrogen-bond acceptors (Lipinski definition) is 2. The van der Waals surface area contributed by atoms with Gasteiger partial charge in [-0.05, 0) is 25.0 Å². The van der Waals surface area contributed by atoms with Crippen molar-refractivity contribution in [2.45, 2.75) is 18.7 Å². The van der Waals surface area contributed by atoms with Gasteiger partial charge in [-0.3, -0.25) is 0 Å². The minimum absolute atomic E-state index is 0.228. The number of halogens is 1. The molecule has 0 heterocycles. The second-order valence-corrected chi connectivity index (χ2v) is 5.16. The Hall–Kier alpha value is -0.540. The second-order valence-electron chi connectivity index (χ2n) is 2.66. The Morgan fingerprint density at radius 3 is 1.83 bits per heavy atom. The van der Waals surface area contributed by atoms with Crippen molar-refractivity contribution in [1.29, 1.82) is 0 Å². The third kappa shape index (κ3) is 1.79. The molecule has 0 atom stereocenters. The van der Waals surface area contributed by atoms with E-state index in [0.29, 0.717) is 11.1 Å². The molecule has 0 saturated heterocycles. The van der Waals surface area contributed by atoms with E-state index in [4.69, 9.17) is 10.7 Å². The van der Waals surface area contributed by atoms with Crippen LogP contribution < -0.4 is 0 Å². The maximum atomic E-state index is 11.0. The average Bonchev–Trinajstić information content (AvgIpc) is 1.82. The van der Waals surface area contributed by atoms with Gasteiger partial charge in [0.15, 0.2) is 0 Å². The Bertz CT molecular complexity index is 375. The van der Waals surface area contributed by atoms with E-state index >= 15 is 0 Å². The van der Waals surface area contributed by atoms with Gasteiger partial charge in [0.05, 0.1) is 4.90 Å². The molecule has 0 aliphatic carbocycles. The summed E-state index contributed by atoms with van der Waals surface area (Å²) in [5.41, 5.74) is 1.37. The number of rotatable bonds is 1. The van der Waals surface area contributed by atoms with Crippen LogP contribution in [0.2, 0.25) is 0 Å². The quantitative estimate of drug-likeness (QED) is 0.658. The zero-order valence-electron chi connectivity index (χ0n) is 6.83. The van der Waals surface area contributed by atoms with Crippen LogP contribution in [-0.4, -0.2) is 8.42 Å². The topological polar surface area (TPSA) is 34.1 Å². The monoisotopic (exact) mass is 204 g/mol. The molecular weight excluding hydrogens is 196 g/mol. The van der Waals surface area contributed by atoms with Gasteiger partial charge in [-0.25, -0.2) is 8.42 Å². The van der Waals surface area contributed by atoms with E-state index in [2.05, 4.69) is 0 Å². The fourth-order valence-corrected chi connectivity index (χ4v) is 2.82. The molecule has 0 bridgehead atoms. The molecule has 1 aromatic carbocycles. The number of benzene rings is 1. The third-order valence-electron chi connectivity index (χ3n) is 1.65. The zero-order chi connectivity index (χ0) is 9.35. The smallest absolute Gasteiger partial charge is 0.207 e. The van der Waals surface area contributed by atoms with Gasteiger partial charge < -0.3 is 0 Å². The minimum Gasteiger partial charge on any atom is -0.207 e. The van der Waals surface area contributed by atoms with Crippen molar-refractivity contribution in [3.63, 3.8) is 0 Å². The van der Waals surface area contributed by atoms with E-state index in [9.17, 15) is 8.42 Å². The van der Waals surface area contributed by atoms with Gasteiger partial charge in [-0.2, -0.15) is 0 Å². The summed E-state index contributed by atoms with van der Waals surface area (Å²) in [4.78, 5) is 0.228. The van der Waals surface area contributed by atoms with Crippen molar-refractivity contribution in [1.82, 2.24) is 0 Å². The van der Waals surface area contributed by atoms with Gasteiger partial charge >= 0.3 is 0 Å². The first-order valence-corrected chi connectivity index (χ1v) is 5.75. The molecule has 2 nitrogen and oxygen atoms in total. The van der Waals surface area contributed by atoms with E-state index in [-0.39, 0.29) is 4.90 Å². The molecule has 0 aromatic heterocycles. The summed E-state index contributed by atoms with van der Waals surface area (Å²) in [6, 6.07) is 5.25. The fourth-order valence-electron chi connectivity index (χ4n) is 1.18. The highest BCUT2D eigenvalue weighted by molar-refractivity contribution is 8.13. The van der Waals surface area contributed by atoms with Crippen molar-refractivity contribution in [2.75, 3.05) is 0 Å². The van der Waals surface area contributed by atoms with Crippen LogP contribution in [0.5, 0.6) is 0 Å².